The third-order valence-electron chi connectivity index (χ3n) is 5.91. The molecule has 4 rings (SSSR count). The minimum absolute atomic E-state index is 0.00274. The topological polar surface area (TPSA) is 58.8 Å². The van der Waals surface area contributed by atoms with E-state index < -0.39 is 0 Å². The van der Waals surface area contributed by atoms with Crippen LogP contribution < -0.4 is 10.5 Å². The Kier molecular flexibility index (Phi) is 4.77. The summed E-state index contributed by atoms with van der Waals surface area (Å²) >= 11 is 0. The number of amides is 1. The standard InChI is InChI=1S/C20H27N3O2/c21-19-16-7-6-15(14-16)18(19)20(24)23-10-8-22(9-11-23)12-13-25-17-4-2-1-3-5-17/h1-7,15-16,18-19H,8-14,21H2/t15-,16+,18-,19+/m1/s1. The number of hydrogen-bond acceptors (Lipinski definition) is 4. The lowest BCUT2D eigenvalue weighted by Crippen LogP contribution is -2.53. The van der Waals surface area contributed by atoms with Crippen LogP contribution in [-0.2, 0) is 4.79 Å². The molecule has 0 aromatic heterocycles. The van der Waals surface area contributed by atoms with Gasteiger partial charge >= 0.3 is 0 Å². The van der Waals surface area contributed by atoms with Gasteiger partial charge in [-0.05, 0) is 30.4 Å². The number of fused-ring (bicyclic) bond motifs is 2. The summed E-state index contributed by atoms with van der Waals surface area (Å²) in [6, 6.07) is 9.92. The molecule has 134 valence electrons. The lowest BCUT2D eigenvalue weighted by molar-refractivity contribution is -0.138. The van der Waals surface area contributed by atoms with Crippen molar-refractivity contribution >= 4 is 5.91 Å². The third kappa shape index (κ3) is 3.44. The molecule has 0 unspecified atom stereocenters. The number of carbonyl (C=O) groups is 1. The molecule has 0 spiro atoms. The van der Waals surface area contributed by atoms with Crippen molar-refractivity contribution < 1.29 is 9.53 Å². The minimum Gasteiger partial charge on any atom is -0.492 e. The van der Waals surface area contributed by atoms with Crippen LogP contribution in [0.1, 0.15) is 6.42 Å². The van der Waals surface area contributed by atoms with Crippen LogP contribution in [0.25, 0.3) is 0 Å². The highest BCUT2D eigenvalue weighted by atomic mass is 16.5. The Morgan fingerprint density at radius 1 is 1.08 bits per heavy atom. The van der Waals surface area contributed by atoms with Gasteiger partial charge in [-0.25, -0.2) is 0 Å². The van der Waals surface area contributed by atoms with Crippen molar-refractivity contribution in [1.29, 1.82) is 0 Å². The molecular formula is C20H27N3O2. The Bertz CT molecular complexity index is 625. The summed E-state index contributed by atoms with van der Waals surface area (Å²) in [5.41, 5.74) is 6.29. The lowest BCUT2D eigenvalue weighted by Gasteiger charge is -2.37. The number of rotatable bonds is 5. The van der Waals surface area contributed by atoms with Gasteiger partial charge < -0.3 is 15.4 Å². The van der Waals surface area contributed by atoms with E-state index in [1.165, 1.54) is 0 Å². The van der Waals surface area contributed by atoms with Crippen LogP contribution in [-0.4, -0.2) is 61.1 Å². The quantitative estimate of drug-likeness (QED) is 0.822. The Balaban J connectivity index is 1.22. The van der Waals surface area contributed by atoms with Gasteiger partial charge in [-0.1, -0.05) is 30.4 Å². The zero-order valence-electron chi connectivity index (χ0n) is 14.6. The first kappa shape index (κ1) is 16.6. The number of hydrogen-bond donors (Lipinski definition) is 1. The number of piperazine rings is 1. The normalized spacial score (nSPS) is 31.5. The van der Waals surface area contributed by atoms with E-state index in [9.17, 15) is 4.79 Å². The summed E-state index contributed by atoms with van der Waals surface area (Å²) < 4.78 is 5.77. The molecular weight excluding hydrogens is 314 g/mol. The lowest BCUT2D eigenvalue weighted by atomic mass is 9.88. The number of benzene rings is 1. The van der Waals surface area contributed by atoms with E-state index in [1.54, 1.807) is 0 Å². The van der Waals surface area contributed by atoms with E-state index in [0.717, 1.165) is 44.9 Å². The zero-order valence-corrected chi connectivity index (χ0v) is 14.6. The second-order valence-electron chi connectivity index (χ2n) is 7.38. The third-order valence-corrected chi connectivity index (χ3v) is 5.91. The largest absolute Gasteiger partial charge is 0.492 e. The van der Waals surface area contributed by atoms with Crippen LogP contribution in [0.2, 0.25) is 0 Å². The minimum atomic E-state index is 0.00274. The molecule has 1 heterocycles. The molecule has 1 saturated heterocycles. The fourth-order valence-electron chi connectivity index (χ4n) is 4.42. The fourth-order valence-corrected chi connectivity index (χ4v) is 4.42. The number of allylic oxidation sites excluding steroid dienone is 1. The van der Waals surface area contributed by atoms with Crippen LogP contribution in [0, 0.1) is 17.8 Å². The molecule has 1 aliphatic heterocycles. The van der Waals surface area contributed by atoms with Crippen LogP contribution >= 0.6 is 0 Å². The zero-order chi connectivity index (χ0) is 17.2. The predicted octanol–water partition coefficient (Wildman–Crippen LogP) is 1.36. The molecule has 1 aromatic carbocycles. The maximum absolute atomic E-state index is 12.9. The van der Waals surface area contributed by atoms with Gasteiger partial charge in [0, 0.05) is 38.8 Å². The van der Waals surface area contributed by atoms with Gasteiger partial charge in [0.15, 0.2) is 0 Å². The van der Waals surface area contributed by atoms with Crippen molar-refractivity contribution in [2.24, 2.45) is 23.5 Å². The van der Waals surface area contributed by atoms with Gasteiger partial charge in [0.2, 0.25) is 5.91 Å². The Hall–Kier alpha value is -1.85. The number of para-hydroxylation sites is 1. The van der Waals surface area contributed by atoms with Crippen LogP contribution in [0.3, 0.4) is 0 Å². The highest BCUT2D eigenvalue weighted by Crippen LogP contribution is 2.43. The highest BCUT2D eigenvalue weighted by molar-refractivity contribution is 5.81. The molecule has 3 aliphatic rings. The number of nitrogens with zero attached hydrogens (tertiary/aromatic N) is 2. The Morgan fingerprint density at radius 2 is 1.80 bits per heavy atom. The van der Waals surface area contributed by atoms with Gasteiger partial charge in [0.25, 0.3) is 0 Å². The van der Waals surface area contributed by atoms with Crippen molar-refractivity contribution in [3.63, 3.8) is 0 Å². The van der Waals surface area contributed by atoms with E-state index in [-0.39, 0.29) is 17.9 Å². The summed E-state index contributed by atoms with van der Waals surface area (Å²) in [5, 5.41) is 0. The first-order chi connectivity index (χ1) is 12.2. The number of carbonyl (C=O) groups excluding carboxylic acids is 1. The number of nitrogens with two attached hydrogens (primary N) is 1. The van der Waals surface area contributed by atoms with E-state index >= 15 is 0 Å². The second-order valence-corrected chi connectivity index (χ2v) is 7.38. The van der Waals surface area contributed by atoms with Crippen LogP contribution in [0.5, 0.6) is 5.75 Å². The SMILES string of the molecule is N[C@@H]1[C@H](C(=O)N2CCN(CCOc3ccccc3)CC2)[C@@H]2C=C[C@H]1C2. The van der Waals surface area contributed by atoms with Crippen LogP contribution in [0.15, 0.2) is 42.5 Å². The molecule has 2 fully saturated rings. The Morgan fingerprint density at radius 3 is 2.48 bits per heavy atom. The summed E-state index contributed by atoms with van der Waals surface area (Å²) in [7, 11) is 0. The molecule has 2 bridgehead atoms. The molecule has 1 saturated carbocycles. The van der Waals surface area contributed by atoms with E-state index in [2.05, 4.69) is 17.1 Å². The van der Waals surface area contributed by atoms with Crippen molar-refractivity contribution in [3.05, 3.63) is 42.5 Å². The van der Waals surface area contributed by atoms with Gasteiger partial charge in [0.05, 0.1) is 5.92 Å². The molecule has 1 aromatic rings. The summed E-state index contributed by atoms with van der Waals surface area (Å²) in [4.78, 5) is 17.3. The summed E-state index contributed by atoms with van der Waals surface area (Å²) in [5.74, 6) is 1.96. The molecule has 0 radical (unpaired) electrons. The molecule has 2 N–H and O–H groups in total. The van der Waals surface area contributed by atoms with E-state index in [1.807, 2.05) is 35.2 Å². The van der Waals surface area contributed by atoms with Gasteiger partial charge in [-0.15, -0.1) is 0 Å². The molecule has 25 heavy (non-hydrogen) atoms. The highest BCUT2D eigenvalue weighted by Gasteiger charge is 2.47. The monoisotopic (exact) mass is 341 g/mol. The van der Waals surface area contributed by atoms with Crippen molar-refractivity contribution in [3.8, 4) is 5.75 Å². The van der Waals surface area contributed by atoms with Crippen molar-refractivity contribution in [2.75, 3.05) is 39.3 Å². The van der Waals surface area contributed by atoms with Crippen LogP contribution in [0.4, 0.5) is 0 Å². The maximum atomic E-state index is 12.9. The molecule has 5 heteroatoms. The van der Waals surface area contributed by atoms with Gasteiger partial charge in [-0.3, -0.25) is 9.69 Å². The summed E-state index contributed by atoms with van der Waals surface area (Å²) in [6.45, 7) is 5.00. The van der Waals surface area contributed by atoms with Crippen molar-refractivity contribution in [1.82, 2.24) is 9.80 Å². The molecule has 1 amide bonds. The molecule has 2 aliphatic carbocycles. The molecule has 4 atom stereocenters. The van der Waals surface area contributed by atoms with E-state index in [4.69, 9.17) is 10.5 Å². The average Bonchev–Trinajstić information content (AvgIpc) is 3.24. The Labute approximate surface area is 149 Å². The first-order valence-corrected chi connectivity index (χ1v) is 9.35. The second kappa shape index (κ2) is 7.18. The predicted molar refractivity (Wildman–Crippen MR) is 97.2 cm³/mol. The smallest absolute Gasteiger partial charge is 0.227 e. The fraction of sp³-hybridized carbons (Fsp3) is 0.550. The van der Waals surface area contributed by atoms with Crippen molar-refractivity contribution in [2.45, 2.75) is 12.5 Å². The van der Waals surface area contributed by atoms with E-state index in [0.29, 0.717) is 18.4 Å². The average molecular weight is 341 g/mol. The first-order valence-electron chi connectivity index (χ1n) is 9.35. The van der Waals surface area contributed by atoms with Gasteiger partial charge in [0.1, 0.15) is 12.4 Å². The molecule has 5 nitrogen and oxygen atoms in total. The summed E-state index contributed by atoms with van der Waals surface area (Å²) in [6.07, 6.45) is 5.46. The maximum Gasteiger partial charge on any atom is 0.227 e. The van der Waals surface area contributed by atoms with Gasteiger partial charge in [-0.2, -0.15) is 0 Å². The number of ether oxygens (including phenoxy) is 1.